The van der Waals surface area contributed by atoms with Gasteiger partial charge in [-0.15, -0.1) is 0 Å². The van der Waals surface area contributed by atoms with Gasteiger partial charge in [0.1, 0.15) is 0 Å². The lowest BCUT2D eigenvalue weighted by molar-refractivity contribution is 0.169. The van der Waals surface area contributed by atoms with Crippen LogP contribution in [-0.4, -0.2) is 14.8 Å². The van der Waals surface area contributed by atoms with Crippen LogP contribution in [0.4, 0.5) is 0 Å². The van der Waals surface area contributed by atoms with Crippen LogP contribution in [-0.2, 0) is 13.5 Å². The molecule has 0 bridgehead atoms. The lowest BCUT2D eigenvalue weighted by atomic mass is 9.94. The minimum Gasteiger partial charge on any atom is -0.503 e. The van der Waals surface area contributed by atoms with E-state index in [9.17, 15) is 15.0 Å². The van der Waals surface area contributed by atoms with Crippen molar-refractivity contribution >= 4 is 0 Å². The average Bonchev–Trinajstić information content (AvgIpc) is 2.78. The molecule has 4 aromatic rings. The second kappa shape index (κ2) is 8.39. The van der Waals surface area contributed by atoms with Crippen LogP contribution in [0.5, 0.6) is 5.75 Å². The number of hydrogen-bond acceptors (Lipinski definition) is 3. The Morgan fingerprint density at radius 2 is 1.40 bits per heavy atom. The van der Waals surface area contributed by atoms with Crippen LogP contribution in [0, 0.1) is 0 Å². The number of nitrogens with zero attached hydrogens (tertiary/aromatic N) is 1. The van der Waals surface area contributed by atoms with Gasteiger partial charge in [0.05, 0.1) is 11.8 Å². The van der Waals surface area contributed by atoms with Crippen molar-refractivity contribution in [3.63, 3.8) is 0 Å². The molecule has 0 radical (unpaired) electrons. The summed E-state index contributed by atoms with van der Waals surface area (Å²) in [5, 5.41) is 21.3. The second-order valence-electron chi connectivity index (χ2n) is 7.35. The van der Waals surface area contributed by atoms with Crippen LogP contribution in [0.2, 0.25) is 0 Å². The lowest BCUT2D eigenvalue weighted by Gasteiger charge is -2.20. The van der Waals surface area contributed by atoms with Gasteiger partial charge in [-0.2, -0.15) is 0 Å². The van der Waals surface area contributed by atoms with Crippen LogP contribution < -0.4 is 5.56 Å². The largest absolute Gasteiger partial charge is 0.503 e. The Morgan fingerprint density at radius 1 is 0.800 bits per heavy atom. The summed E-state index contributed by atoms with van der Waals surface area (Å²) < 4.78 is 1.34. The minimum absolute atomic E-state index is 0.340. The fourth-order valence-corrected chi connectivity index (χ4v) is 3.80. The lowest BCUT2D eigenvalue weighted by Crippen LogP contribution is -2.23. The molecule has 2 N–H and O–H groups in total. The minimum atomic E-state index is -0.902. The predicted octanol–water partition coefficient (Wildman–Crippen LogP) is 4.70. The molecule has 1 heterocycles. The van der Waals surface area contributed by atoms with Gasteiger partial charge in [0.2, 0.25) is 0 Å². The zero-order chi connectivity index (χ0) is 21.1. The van der Waals surface area contributed by atoms with Gasteiger partial charge in [-0.1, -0.05) is 78.9 Å². The summed E-state index contributed by atoms with van der Waals surface area (Å²) in [4.78, 5) is 12.4. The smallest absolute Gasteiger partial charge is 0.292 e. The van der Waals surface area contributed by atoms with Crippen LogP contribution >= 0.6 is 0 Å². The zero-order valence-electron chi connectivity index (χ0n) is 16.7. The molecule has 30 heavy (non-hydrogen) atoms. The molecule has 4 rings (SSSR count). The van der Waals surface area contributed by atoms with E-state index < -0.39 is 11.7 Å². The maximum absolute atomic E-state index is 12.4. The summed E-state index contributed by atoms with van der Waals surface area (Å²) in [6.07, 6.45) is -0.536. The first-order valence-corrected chi connectivity index (χ1v) is 9.85. The number of aromatic nitrogens is 1. The molecule has 0 aliphatic rings. The highest BCUT2D eigenvalue weighted by Gasteiger charge is 2.21. The van der Waals surface area contributed by atoms with Gasteiger partial charge in [0, 0.05) is 19.0 Å². The maximum Gasteiger partial charge on any atom is 0.292 e. The van der Waals surface area contributed by atoms with E-state index in [0.717, 1.165) is 22.3 Å². The Kier molecular flexibility index (Phi) is 5.50. The van der Waals surface area contributed by atoms with Crippen molar-refractivity contribution in [3.8, 4) is 28.0 Å². The molecule has 4 nitrogen and oxygen atoms in total. The molecule has 0 spiro atoms. The van der Waals surface area contributed by atoms with Crippen molar-refractivity contribution in [1.82, 2.24) is 4.57 Å². The molecular formula is C26H23NO3. The predicted molar refractivity (Wildman–Crippen MR) is 119 cm³/mol. The highest BCUT2D eigenvalue weighted by Crippen LogP contribution is 2.33. The summed E-state index contributed by atoms with van der Waals surface area (Å²) in [6, 6.07) is 29.0. The molecule has 4 heteroatoms. The molecule has 150 valence electrons. The van der Waals surface area contributed by atoms with Gasteiger partial charge in [0.25, 0.3) is 5.56 Å². The zero-order valence-corrected chi connectivity index (χ0v) is 16.7. The summed E-state index contributed by atoms with van der Waals surface area (Å²) in [7, 11) is 1.58. The molecule has 1 aromatic heterocycles. The first-order valence-electron chi connectivity index (χ1n) is 9.85. The number of pyridine rings is 1. The normalized spacial score (nSPS) is 11.9. The molecule has 1 atom stereocenters. The van der Waals surface area contributed by atoms with Gasteiger partial charge >= 0.3 is 0 Å². The monoisotopic (exact) mass is 397 g/mol. The molecule has 0 fully saturated rings. The maximum atomic E-state index is 12.4. The van der Waals surface area contributed by atoms with Crippen molar-refractivity contribution in [3.05, 3.63) is 113 Å². The van der Waals surface area contributed by atoms with E-state index in [-0.39, 0.29) is 5.75 Å². The van der Waals surface area contributed by atoms with Crippen molar-refractivity contribution in [2.24, 2.45) is 7.05 Å². The van der Waals surface area contributed by atoms with Crippen LogP contribution in [0.1, 0.15) is 17.4 Å². The van der Waals surface area contributed by atoms with E-state index in [1.54, 1.807) is 7.05 Å². The van der Waals surface area contributed by atoms with E-state index in [0.29, 0.717) is 17.7 Å². The van der Waals surface area contributed by atoms with E-state index >= 15 is 0 Å². The van der Waals surface area contributed by atoms with Crippen LogP contribution in [0.3, 0.4) is 0 Å². The highest BCUT2D eigenvalue weighted by atomic mass is 16.3. The van der Waals surface area contributed by atoms with E-state index in [4.69, 9.17) is 0 Å². The summed E-state index contributed by atoms with van der Waals surface area (Å²) in [5.41, 5.74) is 4.46. The number of aliphatic hydroxyl groups excluding tert-OH is 1. The quantitative estimate of drug-likeness (QED) is 0.513. The van der Waals surface area contributed by atoms with Crippen molar-refractivity contribution < 1.29 is 10.2 Å². The topological polar surface area (TPSA) is 62.5 Å². The standard InChI is InChI=1S/C26H23NO3/c1-27-25(23(28)15-18-9-4-2-5-10-18)22(17-24(29)26(27)30)21-14-8-13-20(16-21)19-11-6-3-7-12-19/h2-14,16-17,23,28-29H,15H2,1H3. The van der Waals surface area contributed by atoms with Gasteiger partial charge in [-0.25, -0.2) is 0 Å². The Morgan fingerprint density at radius 3 is 2.10 bits per heavy atom. The molecule has 0 saturated heterocycles. The third-order valence-electron chi connectivity index (χ3n) is 5.31. The summed E-state index contributed by atoms with van der Waals surface area (Å²) >= 11 is 0. The van der Waals surface area contributed by atoms with E-state index in [2.05, 4.69) is 0 Å². The molecule has 0 amide bonds. The van der Waals surface area contributed by atoms with Gasteiger partial charge in [0.15, 0.2) is 5.75 Å². The SMILES string of the molecule is Cn1c(C(O)Cc2ccccc2)c(-c2cccc(-c3ccccc3)c2)cc(O)c1=O. The average molecular weight is 397 g/mol. The fraction of sp³-hybridized carbons (Fsp3) is 0.115. The number of aromatic hydroxyl groups is 1. The Bertz CT molecular complexity index is 1210. The first kappa shape index (κ1) is 19.7. The van der Waals surface area contributed by atoms with E-state index in [1.165, 1.54) is 10.6 Å². The van der Waals surface area contributed by atoms with Crippen molar-refractivity contribution in [2.45, 2.75) is 12.5 Å². The number of aliphatic hydroxyl groups is 1. The third kappa shape index (κ3) is 3.91. The number of rotatable bonds is 5. The fourth-order valence-electron chi connectivity index (χ4n) is 3.80. The van der Waals surface area contributed by atoms with Crippen molar-refractivity contribution in [2.75, 3.05) is 0 Å². The first-order chi connectivity index (χ1) is 14.5. The Hall–Kier alpha value is -3.63. The molecule has 0 aliphatic carbocycles. The molecule has 0 saturated carbocycles. The van der Waals surface area contributed by atoms with E-state index in [1.807, 2.05) is 84.9 Å². The van der Waals surface area contributed by atoms with Crippen molar-refractivity contribution in [1.29, 1.82) is 0 Å². The molecule has 3 aromatic carbocycles. The molecule has 0 aliphatic heterocycles. The summed E-state index contributed by atoms with van der Waals surface area (Å²) in [5.74, 6) is -0.340. The van der Waals surface area contributed by atoms with Crippen LogP contribution in [0.25, 0.3) is 22.3 Å². The Balaban J connectivity index is 1.83. The van der Waals surface area contributed by atoms with Crippen LogP contribution in [0.15, 0.2) is 95.8 Å². The molecule has 1 unspecified atom stereocenters. The second-order valence-corrected chi connectivity index (χ2v) is 7.35. The highest BCUT2D eigenvalue weighted by molar-refractivity contribution is 5.75. The summed E-state index contributed by atoms with van der Waals surface area (Å²) in [6.45, 7) is 0. The molecular weight excluding hydrogens is 374 g/mol. The Labute approximate surface area is 175 Å². The third-order valence-corrected chi connectivity index (χ3v) is 5.31. The number of benzene rings is 3. The van der Waals surface area contributed by atoms with Gasteiger partial charge < -0.3 is 14.8 Å². The van der Waals surface area contributed by atoms with Gasteiger partial charge in [-0.3, -0.25) is 4.79 Å². The van der Waals surface area contributed by atoms with Gasteiger partial charge in [-0.05, 0) is 34.4 Å². The number of hydrogen-bond donors (Lipinski definition) is 2.